The molecule has 0 heterocycles. The average molecular weight is 599 g/mol. The minimum atomic E-state index is -1.32. The topological polar surface area (TPSA) is 40.5 Å². The van der Waals surface area contributed by atoms with Crippen molar-refractivity contribution in [2.24, 2.45) is 5.92 Å². The second-order valence-corrected chi connectivity index (χ2v) is 12.1. The zero-order valence-electron chi connectivity index (χ0n) is 18.7. The summed E-state index contributed by atoms with van der Waals surface area (Å²) >= 11 is 11.5. The minimum absolute atomic E-state index is 0.0253. The van der Waals surface area contributed by atoms with Crippen molar-refractivity contribution in [2.45, 2.75) is 29.1 Å². The fourth-order valence-electron chi connectivity index (χ4n) is 3.74. The van der Waals surface area contributed by atoms with Gasteiger partial charge in [-0.2, -0.15) is 0 Å². The molecule has 0 saturated carbocycles. The van der Waals surface area contributed by atoms with Crippen LogP contribution in [0.1, 0.15) is 30.6 Å². The quantitative estimate of drug-likeness (QED) is 0.218. The Hall–Kier alpha value is -1.77. The van der Waals surface area contributed by atoms with Crippen LogP contribution in [0.3, 0.4) is 0 Å². The third-order valence-corrected chi connectivity index (χ3v) is 8.68. The fraction of sp³-hybridized carbons (Fsp3) is 0.269. The molecule has 0 bridgehead atoms. The maximum absolute atomic E-state index is 13.9. The van der Waals surface area contributed by atoms with Gasteiger partial charge in [-0.3, -0.25) is 0 Å². The summed E-state index contributed by atoms with van der Waals surface area (Å²) in [5.41, 5.74) is 2.72. The normalized spacial score (nSPS) is 12.2. The molecule has 3 rings (SSSR count). The molecule has 0 amide bonds. The number of para-hydroxylation sites is 1. The standard InChI is InChI=1S/C26H27ClFINO2S/c1-16(2)11-18(29-3)15-30(19-7-5-4-6-8-19)24-14-22(27)20(13-25(24)33)17-9-10-23(28)21(12-17)26(31)32/h4-10,12-14,16,18,33H,11,15H2,1-3H3,(H,31,32)/q-1. The monoisotopic (exact) mass is 598 g/mol. The molecule has 0 aliphatic carbocycles. The summed E-state index contributed by atoms with van der Waals surface area (Å²) in [5, 5.41) is 9.74. The Morgan fingerprint density at radius 1 is 1.15 bits per heavy atom. The van der Waals surface area contributed by atoms with Crippen LogP contribution in [0.4, 0.5) is 15.8 Å². The molecule has 0 aliphatic rings. The summed E-state index contributed by atoms with van der Waals surface area (Å²) < 4.78 is 14.5. The fourth-order valence-corrected chi connectivity index (χ4v) is 6.63. The Labute approximate surface area is 215 Å². The van der Waals surface area contributed by atoms with Gasteiger partial charge in [-0.1, -0.05) is 0 Å². The van der Waals surface area contributed by atoms with Crippen LogP contribution in [-0.2, 0) is 0 Å². The van der Waals surface area contributed by atoms with Crippen molar-refractivity contribution in [1.29, 1.82) is 0 Å². The Bertz CT molecular complexity index is 1130. The van der Waals surface area contributed by atoms with Crippen molar-refractivity contribution in [3.05, 3.63) is 77.1 Å². The van der Waals surface area contributed by atoms with Crippen molar-refractivity contribution in [3.8, 4) is 11.1 Å². The van der Waals surface area contributed by atoms with Crippen LogP contribution in [0, 0.1) is 11.7 Å². The van der Waals surface area contributed by atoms with Crippen molar-refractivity contribution in [2.75, 3.05) is 16.4 Å². The average Bonchev–Trinajstić information content (AvgIpc) is 2.78. The Morgan fingerprint density at radius 2 is 1.85 bits per heavy atom. The first-order chi connectivity index (χ1) is 15.7. The molecule has 3 nitrogen and oxygen atoms in total. The van der Waals surface area contributed by atoms with Crippen LogP contribution >= 0.6 is 24.2 Å². The van der Waals surface area contributed by atoms with Crippen LogP contribution in [0.2, 0.25) is 5.02 Å². The molecule has 0 saturated heterocycles. The second-order valence-electron chi connectivity index (χ2n) is 8.21. The van der Waals surface area contributed by atoms with E-state index < -0.39 is 11.8 Å². The molecule has 1 atom stereocenters. The zero-order chi connectivity index (χ0) is 24.1. The number of rotatable bonds is 9. The van der Waals surface area contributed by atoms with E-state index in [-0.39, 0.29) is 26.8 Å². The predicted molar refractivity (Wildman–Crippen MR) is 134 cm³/mol. The molecule has 1 N–H and O–H groups in total. The molecular formula is C26H27ClFINO2S-. The van der Waals surface area contributed by atoms with E-state index in [0.717, 1.165) is 35.3 Å². The van der Waals surface area contributed by atoms with Crippen LogP contribution < -0.4 is 26.1 Å². The van der Waals surface area contributed by atoms with E-state index >= 15 is 0 Å². The van der Waals surface area contributed by atoms with Crippen molar-refractivity contribution >= 4 is 41.6 Å². The first-order valence-corrected chi connectivity index (χ1v) is 14.8. The van der Waals surface area contributed by atoms with Crippen molar-refractivity contribution in [3.63, 3.8) is 0 Å². The van der Waals surface area contributed by atoms with E-state index in [1.807, 2.05) is 30.3 Å². The van der Waals surface area contributed by atoms with Gasteiger partial charge < -0.3 is 0 Å². The second kappa shape index (κ2) is 11.6. The van der Waals surface area contributed by atoms with Crippen LogP contribution in [0.5, 0.6) is 0 Å². The van der Waals surface area contributed by atoms with Gasteiger partial charge in [0, 0.05) is 0 Å². The van der Waals surface area contributed by atoms with E-state index in [1.54, 1.807) is 0 Å². The van der Waals surface area contributed by atoms with Gasteiger partial charge in [0.25, 0.3) is 0 Å². The Morgan fingerprint density at radius 3 is 2.45 bits per heavy atom. The van der Waals surface area contributed by atoms with E-state index in [1.165, 1.54) is 12.1 Å². The first-order valence-electron chi connectivity index (χ1n) is 10.6. The van der Waals surface area contributed by atoms with Crippen molar-refractivity contribution in [1.82, 2.24) is 0 Å². The number of carboxylic acids is 1. The number of nitrogens with zero attached hydrogens (tertiary/aromatic N) is 1. The molecule has 7 heteroatoms. The number of halogens is 3. The number of hydrogen-bond acceptors (Lipinski definition) is 3. The molecule has 3 aromatic carbocycles. The van der Waals surface area contributed by atoms with Gasteiger partial charge in [-0.05, 0) is 0 Å². The van der Waals surface area contributed by atoms with Crippen molar-refractivity contribution < 1.29 is 35.5 Å². The van der Waals surface area contributed by atoms with Crippen LogP contribution in [0.15, 0.2) is 65.6 Å². The van der Waals surface area contributed by atoms with Gasteiger partial charge in [-0.25, -0.2) is 0 Å². The molecule has 0 fully saturated rings. The Kier molecular flexibility index (Phi) is 9.07. The number of aromatic carboxylic acids is 1. The summed E-state index contributed by atoms with van der Waals surface area (Å²) in [7, 11) is 0. The van der Waals surface area contributed by atoms with Gasteiger partial charge in [0.15, 0.2) is 0 Å². The molecule has 33 heavy (non-hydrogen) atoms. The number of anilines is 2. The SMILES string of the molecule is C[I-]C(CC(C)C)CN(c1ccccc1)c1cc(Cl)c(-c2ccc(F)c(C(=O)O)c2)cc1S. The molecule has 0 aromatic heterocycles. The third kappa shape index (κ3) is 6.43. The summed E-state index contributed by atoms with van der Waals surface area (Å²) in [5.74, 6) is -1.47. The summed E-state index contributed by atoms with van der Waals surface area (Å²) in [4.78, 5) is 16.7. The van der Waals surface area contributed by atoms with E-state index in [2.05, 4.69) is 35.8 Å². The number of carboxylic acid groups (broad SMARTS) is 1. The zero-order valence-corrected chi connectivity index (χ0v) is 22.5. The van der Waals surface area contributed by atoms with Gasteiger partial charge in [-0.15, -0.1) is 0 Å². The number of carbonyl (C=O) groups is 1. The van der Waals surface area contributed by atoms with Gasteiger partial charge in [0.1, 0.15) is 0 Å². The maximum atomic E-state index is 13.9. The molecular weight excluding hydrogens is 572 g/mol. The van der Waals surface area contributed by atoms with E-state index in [9.17, 15) is 14.3 Å². The molecule has 0 radical (unpaired) electrons. The summed E-state index contributed by atoms with van der Waals surface area (Å²) in [6.07, 6.45) is 1.16. The van der Waals surface area contributed by atoms with Crippen LogP contribution in [0.25, 0.3) is 11.1 Å². The van der Waals surface area contributed by atoms with E-state index in [0.29, 0.717) is 26.0 Å². The van der Waals surface area contributed by atoms with Gasteiger partial charge >= 0.3 is 217 Å². The summed E-state index contributed by atoms with van der Waals surface area (Å²) in [6, 6.07) is 17.9. The molecule has 0 aliphatic heterocycles. The first kappa shape index (κ1) is 25.8. The number of benzene rings is 3. The third-order valence-electron chi connectivity index (χ3n) is 5.35. The molecule has 176 valence electrons. The Balaban J connectivity index is 2.06. The van der Waals surface area contributed by atoms with E-state index in [4.69, 9.17) is 24.2 Å². The van der Waals surface area contributed by atoms with Gasteiger partial charge in [0.05, 0.1) is 0 Å². The molecule has 1 unspecified atom stereocenters. The molecule has 3 aromatic rings. The summed E-state index contributed by atoms with van der Waals surface area (Å²) in [6.45, 7) is 5.38. The molecule has 0 spiro atoms. The predicted octanol–water partition coefficient (Wildman–Crippen LogP) is 4.40. The van der Waals surface area contributed by atoms with Crippen LogP contribution in [-0.4, -0.2) is 26.5 Å². The number of alkyl halides is 2. The number of thiol groups is 1. The van der Waals surface area contributed by atoms with Gasteiger partial charge in [0.2, 0.25) is 0 Å². The number of hydrogen-bond donors (Lipinski definition) is 2.